The summed E-state index contributed by atoms with van der Waals surface area (Å²) in [6, 6.07) is 14.9. The van der Waals surface area contributed by atoms with Crippen molar-refractivity contribution in [2.45, 2.75) is 16.3 Å². The van der Waals surface area contributed by atoms with Crippen molar-refractivity contribution in [3.8, 4) is 0 Å². The lowest BCUT2D eigenvalue weighted by molar-refractivity contribution is 0.599. The van der Waals surface area contributed by atoms with E-state index in [1.807, 2.05) is 36.4 Å². The van der Waals surface area contributed by atoms with Gasteiger partial charge in [0.2, 0.25) is 0 Å². The van der Waals surface area contributed by atoms with Crippen molar-refractivity contribution < 1.29 is 4.39 Å². The van der Waals surface area contributed by atoms with Crippen molar-refractivity contribution in [2.75, 3.05) is 0 Å². The van der Waals surface area contributed by atoms with Crippen molar-refractivity contribution in [3.05, 3.63) is 59.9 Å². The van der Waals surface area contributed by atoms with Crippen LogP contribution < -0.4 is 5.73 Å². The minimum absolute atomic E-state index is 0.211. The molecule has 0 aromatic heterocycles. The molecule has 2 aromatic rings. The Morgan fingerprint density at radius 3 is 2.44 bits per heavy atom. The summed E-state index contributed by atoms with van der Waals surface area (Å²) in [6.07, 6.45) is 0. The largest absolute Gasteiger partial charge is 0.326 e. The van der Waals surface area contributed by atoms with Crippen LogP contribution in [0.5, 0.6) is 0 Å². The average Bonchev–Trinajstić information content (AvgIpc) is 2.33. The van der Waals surface area contributed by atoms with E-state index in [1.54, 1.807) is 6.07 Å². The summed E-state index contributed by atoms with van der Waals surface area (Å²) in [5.41, 5.74) is 6.26. The predicted octanol–water partition coefficient (Wildman–Crippen LogP) is 3.44. The maximum absolute atomic E-state index is 13.6. The molecule has 2 rings (SSSR count). The van der Waals surface area contributed by atoms with Gasteiger partial charge in [0.25, 0.3) is 0 Å². The molecule has 0 radical (unpaired) electrons. The molecule has 0 atom stereocenters. The van der Waals surface area contributed by atoms with Crippen LogP contribution in [0.15, 0.2) is 58.3 Å². The molecule has 0 unspecified atom stereocenters. The van der Waals surface area contributed by atoms with Gasteiger partial charge in [-0.3, -0.25) is 0 Å². The molecule has 0 saturated carbocycles. The zero-order valence-electron chi connectivity index (χ0n) is 8.69. The van der Waals surface area contributed by atoms with Gasteiger partial charge in [0.15, 0.2) is 0 Å². The minimum atomic E-state index is -0.211. The smallest absolute Gasteiger partial charge is 0.137 e. The van der Waals surface area contributed by atoms with E-state index >= 15 is 0 Å². The topological polar surface area (TPSA) is 26.0 Å². The Morgan fingerprint density at radius 1 is 1.06 bits per heavy atom. The van der Waals surface area contributed by atoms with E-state index in [0.717, 1.165) is 10.5 Å². The lowest BCUT2D eigenvalue weighted by atomic mass is 10.2. The number of halogens is 1. The van der Waals surface area contributed by atoms with Crippen LogP contribution in [-0.4, -0.2) is 0 Å². The third kappa shape index (κ3) is 2.62. The van der Waals surface area contributed by atoms with Gasteiger partial charge in [-0.25, -0.2) is 4.39 Å². The van der Waals surface area contributed by atoms with Gasteiger partial charge in [-0.15, -0.1) is 0 Å². The van der Waals surface area contributed by atoms with Crippen molar-refractivity contribution in [1.29, 1.82) is 0 Å². The summed E-state index contributed by atoms with van der Waals surface area (Å²) < 4.78 is 13.6. The highest BCUT2D eigenvalue weighted by molar-refractivity contribution is 7.99. The fraction of sp³-hybridized carbons (Fsp3) is 0.0769. The first-order valence-electron chi connectivity index (χ1n) is 5.01. The van der Waals surface area contributed by atoms with Gasteiger partial charge >= 0.3 is 0 Å². The van der Waals surface area contributed by atoms with Crippen LogP contribution in [0.4, 0.5) is 4.39 Å². The normalized spacial score (nSPS) is 10.4. The first-order valence-corrected chi connectivity index (χ1v) is 5.82. The second-order valence-corrected chi connectivity index (χ2v) is 4.50. The lowest BCUT2D eigenvalue weighted by Gasteiger charge is -2.04. The van der Waals surface area contributed by atoms with Gasteiger partial charge in [0, 0.05) is 16.3 Å². The Kier molecular flexibility index (Phi) is 3.59. The first kappa shape index (κ1) is 11.2. The highest BCUT2D eigenvalue weighted by Gasteiger charge is 2.04. The molecule has 0 aliphatic rings. The Hall–Kier alpha value is -1.32. The molecule has 0 saturated heterocycles. The van der Waals surface area contributed by atoms with Crippen LogP contribution in [0.25, 0.3) is 0 Å². The maximum Gasteiger partial charge on any atom is 0.137 e. The second-order valence-electron chi connectivity index (χ2n) is 3.38. The molecule has 1 nitrogen and oxygen atoms in total. The third-order valence-electron chi connectivity index (χ3n) is 2.20. The molecule has 0 aliphatic heterocycles. The number of rotatable bonds is 3. The molecule has 0 heterocycles. The molecule has 2 aromatic carbocycles. The Balaban J connectivity index is 2.22. The SMILES string of the molecule is NCc1ccc(Sc2ccccc2)c(F)c1. The number of benzene rings is 2. The summed E-state index contributed by atoms with van der Waals surface area (Å²) in [7, 11) is 0. The highest BCUT2D eigenvalue weighted by Crippen LogP contribution is 2.29. The summed E-state index contributed by atoms with van der Waals surface area (Å²) in [6.45, 7) is 0.368. The van der Waals surface area contributed by atoms with Gasteiger partial charge in [-0.1, -0.05) is 36.0 Å². The highest BCUT2D eigenvalue weighted by atomic mass is 32.2. The van der Waals surface area contributed by atoms with Crippen LogP contribution in [0, 0.1) is 5.82 Å². The van der Waals surface area contributed by atoms with E-state index in [-0.39, 0.29) is 5.82 Å². The molecular formula is C13H12FNS. The molecule has 0 bridgehead atoms. The van der Waals surface area contributed by atoms with E-state index in [4.69, 9.17) is 5.73 Å². The third-order valence-corrected chi connectivity index (χ3v) is 3.26. The van der Waals surface area contributed by atoms with Gasteiger partial charge in [0.1, 0.15) is 5.82 Å². The van der Waals surface area contributed by atoms with E-state index in [0.29, 0.717) is 11.4 Å². The summed E-state index contributed by atoms with van der Waals surface area (Å²) >= 11 is 1.42. The zero-order valence-corrected chi connectivity index (χ0v) is 9.51. The van der Waals surface area contributed by atoms with Crippen LogP contribution >= 0.6 is 11.8 Å². The van der Waals surface area contributed by atoms with E-state index in [1.165, 1.54) is 17.8 Å². The Bertz CT molecular complexity index is 471. The standard InChI is InChI=1S/C13H12FNS/c14-12-8-10(9-15)6-7-13(12)16-11-4-2-1-3-5-11/h1-8H,9,15H2. The molecule has 16 heavy (non-hydrogen) atoms. The summed E-state index contributed by atoms with van der Waals surface area (Å²) in [5.74, 6) is -0.211. The molecule has 82 valence electrons. The van der Waals surface area contributed by atoms with Crippen LogP contribution in [-0.2, 0) is 6.54 Å². The van der Waals surface area contributed by atoms with E-state index in [9.17, 15) is 4.39 Å². The fourth-order valence-corrected chi connectivity index (χ4v) is 2.21. The van der Waals surface area contributed by atoms with Crippen molar-refractivity contribution in [1.82, 2.24) is 0 Å². The van der Waals surface area contributed by atoms with Crippen LogP contribution in [0.2, 0.25) is 0 Å². The quantitative estimate of drug-likeness (QED) is 0.878. The maximum atomic E-state index is 13.6. The summed E-state index contributed by atoms with van der Waals surface area (Å²) in [5, 5.41) is 0. The van der Waals surface area contributed by atoms with Crippen molar-refractivity contribution >= 4 is 11.8 Å². The summed E-state index contributed by atoms with van der Waals surface area (Å²) in [4.78, 5) is 1.66. The molecule has 0 spiro atoms. The van der Waals surface area contributed by atoms with Gasteiger partial charge in [-0.05, 0) is 29.8 Å². The Morgan fingerprint density at radius 2 is 1.81 bits per heavy atom. The Labute approximate surface area is 98.5 Å². The van der Waals surface area contributed by atoms with Crippen molar-refractivity contribution in [2.24, 2.45) is 5.73 Å². The zero-order chi connectivity index (χ0) is 11.4. The molecule has 0 aliphatic carbocycles. The average molecular weight is 233 g/mol. The molecular weight excluding hydrogens is 221 g/mol. The monoisotopic (exact) mass is 233 g/mol. The predicted molar refractivity (Wildman–Crippen MR) is 64.9 cm³/mol. The van der Waals surface area contributed by atoms with Crippen molar-refractivity contribution in [3.63, 3.8) is 0 Å². The minimum Gasteiger partial charge on any atom is -0.326 e. The van der Waals surface area contributed by atoms with Crippen LogP contribution in [0.3, 0.4) is 0 Å². The fourth-order valence-electron chi connectivity index (χ4n) is 1.37. The molecule has 0 amide bonds. The first-order chi connectivity index (χ1) is 7.79. The molecule has 2 N–H and O–H groups in total. The van der Waals surface area contributed by atoms with Gasteiger partial charge in [-0.2, -0.15) is 0 Å². The number of nitrogens with two attached hydrogens (primary N) is 1. The lowest BCUT2D eigenvalue weighted by Crippen LogP contribution is -1.96. The molecule has 3 heteroatoms. The second kappa shape index (κ2) is 5.14. The van der Waals surface area contributed by atoms with E-state index in [2.05, 4.69) is 0 Å². The van der Waals surface area contributed by atoms with E-state index < -0.39 is 0 Å². The van der Waals surface area contributed by atoms with Gasteiger partial charge < -0.3 is 5.73 Å². The van der Waals surface area contributed by atoms with Crippen LogP contribution in [0.1, 0.15) is 5.56 Å². The molecule has 0 fully saturated rings. The number of hydrogen-bond acceptors (Lipinski definition) is 2. The van der Waals surface area contributed by atoms with Gasteiger partial charge in [0.05, 0.1) is 0 Å². The number of hydrogen-bond donors (Lipinski definition) is 1.